The number of pyridine rings is 1. The van der Waals surface area contributed by atoms with E-state index in [9.17, 15) is 14.4 Å². The number of rotatable bonds is 7. The number of fused-ring (bicyclic) bond motifs is 3. The second kappa shape index (κ2) is 11.8. The molecule has 39 heavy (non-hydrogen) atoms. The SMILES string of the molecule is CCOC(=O)c1c(NC(=O)C(CC)OC(=O)c2c3c(nc4ccccc24)CCN(C)C3)sc2c1CCCCC2. The Morgan fingerprint density at radius 3 is 2.62 bits per heavy atom. The average molecular weight is 550 g/mol. The highest BCUT2D eigenvalue weighted by Crippen LogP contribution is 2.38. The van der Waals surface area contributed by atoms with Crippen LogP contribution >= 0.6 is 11.3 Å². The van der Waals surface area contributed by atoms with Crippen molar-refractivity contribution in [2.75, 3.05) is 25.5 Å². The van der Waals surface area contributed by atoms with Crippen LogP contribution in [0, 0.1) is 0 Å². The molecular weight excluding hydrogens is 514 g/mol. The van der Waals surface area contributed by atoms with Crippen molar-refractivity contribution in [3.63, 3.8) is 0 Å². The van der Waals surface area contributed by atoms with Gasteiger partial charge in [-0.05, 0) is 57.7 Å². The molecule has 0 saturated heterocycles. The maximum atomic E-state index is 13.7. The lowest BCUT2D eigenvalue weighted by Gasteiger charge is -2.27. The first kappa shape index (κ1) is 27.3. The standard InChI is InChI=1S/C30H35N3O5S/c1-4-23(27(34)32-28-26(29(35)37-5-2)19-12-7-6-8-14-24(19)39-28)38-30(36)25-18-11-9-10-13-21(18)31-22-15-16-33(3)17-20(22)25/h9-11,13,23H,4-8,12,14-17H2,1-3H3,(H,32,34). The Labute approximate surface area is 232 Å². The lowest BCUT2D eigenvalue weighted by molar-refractivity contribution is -0.124. The molecule has 0 spiro atoms. The minimum atomic E-state index is -1.02. The number of ether oxygens (including phenoxy) is 2. The molecule has 3 heterocycles. The Morgan fingerprint density at radius 2 is 1.82 bits per heavy atom. The van der Waals surface area contributed by atoms with Crippen LogP contribution in [-0.4, -0.2) is 54.0 Å². The number of nitrogens with one attached hydrogen (secondary N) is 1. The minimum absolute atomic E-state index is 0.255. The number of hydrogen-bond donors (Lipinski definition) is 1. The van der Waals surface area contributed by atoms with Crippen molar-refractivity contribution < 1.29 is 23.9 Å². The van der Waals surface area contributed by atoms with E-state index in [2.05, 4.69) is 10.2 Å². The molecule has 1 aliphatic carbocycles. The summed E-state index contributed by atoms with van der Waals surface area (Å²) < 4.78 is 11.2. The number of hydrogen-bond acceptors (Lipinski definition) is 8. The monoisotopic (exact) mass is 549 g/mol. The van der Waals surface area contributed by atoms with Gasteiger partial charge in [0.05, 0.1) is 23.3 Å². The number of aromatic nitrogens is 1. The molecule has 1 atom stereocenters. The lowest BCUT2D eigenvalue weighted by Crippen LogP contribution is -2.34. The molecule has 9 heteroatoms. The van der Waals surface area contributed by atoms with Gasteiger partial charge >= 0.3 is 11.9 Å². The van der Waals surface area contributed by atoms with Gasteiger partial charge in [-0.3, -0.25) is 9.78 Å². The van der Waals surface area contributed by atoms with E-state index in [-0.39, 0.29) is 6.61 Å². The molecule has 5 rings (SSSR count). The zero-order valence-electron chi connectivity index (χ0n) is 22.8. The largest absolute Gasteiger partial charge is 0.462 e. The van der Waals surface area contributed by atoms with E-state index in [4.69, 9.17) is 14.5 Å². The van der Waals surface area contributed by atoms with E-state index in [1.165, 1.54) is 11.3 Å². The highest BCUT2D eigenvalue weighted by Gasteiger charge is 2.31. The Balaban J connectivity index is 1.43. The molecule has 8 nitrogen and oxygen atoms in total. The van der Waals surface area contributed by atoms with Crippen LogP contribution in [0.1, 0.15) is 81.9 Å². The summed E-state index contributed by atoms with van der Waals surface area (Å²) in [5.41, 5.74) is 4.40. The molecule has 1 N–H and O–H groups in total. The molecule has 0 saturated carbocycles. The minimum Gasteiger partial charge on any atom is -0.462 e. The van der Waals surface area contributed by atoms with E-state index < -0.39 is 23.9 Å². The predicted octanol–water partition coefficient (Wildman–Crippen LogP) is 5.30. The van der Waals surface area contributed by atoms with Crippen LogP contribution in [0.25, 0.3) is 10.9 Å². The van der Waals surface area contributed by atoms with Crippen molar-refractivity contribution in [2.45, 2.75) is 71.4 Å². The summed E-state index contributed by atoms with van der Waals surface area (Å²) >= 11 is 1.43. The molecule has 2 aromatic heterocycles. The van der Waals surface area contributed by atoms with Gasteiger partial charge < -0.3 is 19.7 Å². The maximum Gasteiger partial charge on any atom is 0.341 e. The number of nitrogens with zero attached hydrogens (tertiary/aromatic N) is 2. The quantitative estimate of drug-likeness (QED) is 0.315. The van der Waals surface area contributed by atoms with E-state index in [0.29, 0.717) is 29.1 Å². The van der Waals surface area contributed by atoms with Crippen molar-refractivity contribution in [1.82, 2.24) is 9.88 Å². The van der Waals surface area contributed by atoms with Gasteiger partial charge in [-0.15, -0.1) is 11.3 Å². The van der Waals surface area contributed by atoms with Crippen LogP contribution in [0.3, 0.4) is 0 Å². The fourth-order valence-electron chi connectivity index (χ4n) is 5.51. The molecule has 0 radical (unpaired) electrons. The number of thiophene rings is 1. The number of amides is 1. The number of para-hydroxylation sites is 1. The van der Waals surface area contributed by atoms with Gasteiger partial charge in [0.2, 0.25) is 0 Å². The van der Waals surface area contributed by atoms with Crippen LogP contribution in [0.2, 0.25) is 0 Å². The first-order valence-electron chi connectivity index (χ1n) is 13.8. The average Bonchev–Trinajstić information content (AvgIpc) is 3.10. The summed E-state index contributed by atoms with van der Waals surface area (Å²) in [6, 6.07) is 7.55. The van der Waals surface area contributed by atoms with E-state index in [0.717, 1.165) is 77.7 Å². The Hall–Kier alpha value is -3.30. The first-order chi connectivity index (χ1) is 18.9. The van der Waals surface area contributed by atoms with Crippen LogP contribution in [0.4, 0.5) is 5.00 Å². The molecule has 2 aliphatic rings. The summed E-state index contributed by atoms with van der Waals surface area (Å²) in [5, 5.41) is 4.12. The molecule has 1 unspecified atom stereocenters. The molecular formula is C30H35N3O5S. The smallest absolute Gasteiger partial charge is 0.341 e. The van der Waals surface area contributed by atoms with Crippen molar-refractivity contribution in [2.24, 2.45) is 0 Å². The fourth-order valence-corrected chi connectivity index (χ4v) is 6.79. The summed E-state index contributed by atoms with van der Waals surface area (Å²) in [6.45, 7) is 5.28. The fraction of sp³-hybridized carbons (Fsp3) is 0.467. The van der Waals surface area contributed by atoms with Crippen molar-refractivity contribution in [3.05, 3.63) is 57.1 Å². The molecule has 0 bridgehead atoms. The number of anilines is 1. The lowest BCUT2D eigenvalue weighted by atomic mass is 9.96. The van der Waals surface area contributed by atoms with Crippen LogP contribution in [0.5, 0.6) is 0 Å². The van der Waals surface area contributed by atoms with Gasteiger partial charge in [-0.25, -0.2) is 9.59 Å². The van der Waals surface area contributed by atoms with Gasteiger partial charge in [0.1, 0.15) is 5.00 Å². The third-order valence-electron chi connectivity index (χ3n) is 7.49. The van der Waals surface area contributed by atoms with Crippen LogP contribution in [-0.2, 0) is 40.1 Å². The molecule has 1 aliphatic heterocycles. The maximum absolute atomic E-state index is 13.7. The number of likely N-dealkylation sites (N-methyl/N-ethyl adjacent to an activating group) is 1. The Morgan fingerprint density at radius 1 is 1.03 bits per heavy atom. The molecule has 1 amide bonds. The highest BCUT2D eigenvalue weighted by molar-refractivity contribution is 7.17. The van der Waals surface area contributed by atoms with Gasteiger partial charge in [0.25, 0.3) is 5.91 Å². The second-order valence-corrected chi connectivity index (χ2v) is 11.3. The van der Waals surface area contributed by atoms with Crippen molar-refractivity contribution in [1.29, 1.82) is 0 Å². The van der Waals surface area contributed by atoms with Crippen molar-refractivity contribution in [3.8, 4) is 0 Å². The third kappa shape index (κ3) is 5.56. The molecule has 206 valence electrons. The van der Waals surface area contributed by atoms with Crippen molar-refractivity contribution >= 4 is 45.1 Å². The summed E-state index contributed by atoms with van der Waals surface area (Å²) in [4.78, 5) is 48.2. The first-order valence-corrected chi connectivity index (χ1v) is 14.6. The van der Waals surface area contributed by atoms with E-state index >= 15 is 0 Å². The topological polar surface area (TPSA) is 97.8 Å². The van der Waals surface area contributed by atoms with Gasteiger partial charge in [-0.2, -0.15) is 0 Å². The number of carbonyl (C=O) groups is 3. The van der Waals surface area contributed by atoms with Gasteiger partial charge in [-0.1, -0.05) is 31.5 Å². The molecule has 1 aromatic carbocycles. The number of carbonyl (C=O) groups excluding carboxylic acids is 3. The summed E-state index contributed by atoms with van der Waals surface area (Å²) in [5.74, 6) is -1.40. The van der Waals surface area contributed by atoms with Crippen LogP contribution in [0.15, 0.2) is 24.3 Å². The highest BCUT2D eigenvalue weighted by atomic mass is 32.1. The Bertz CT molecular complexity index is 1420. The van der Waals surface area contributed by atoms with E-state index in [1.54, 1.807) is 13.8 Å². The molecule has 0 fully saturated rings. The van der Waals surface area contributed by atoms with Crippen LogP contribution < -0.4 is 5.32 Å². The third-order valence-corrected chi connectivity index (χ3v) is 8.70. The normalized spacial score (nSPS) is 16.1. The van der Waals surface area contributed by atoms with Gasteiger partial charge in [0, 0.05) is 41.0 Å². The summed E-state index contributed by atoms with van der Waals surface area (Å²) in [7, 11) is 2.01. The number of benzene rings is 1. The second-order valence-electron chi connectivity index (χ2n) is 10.2. The number of esters is 2. The Kier molecular flexibility index (Phi) is 8.28. The number of aryl methyl sites for hydroxylation is 1. The molecule has 3 aromatic rings. The zero-order valence-corrected chi connectivity index (χ0v) is 23.6. The summed E-state index contributed by atoms with van der Waals surface area (Å²) in [6.07, 6.45) is 4.85. The van der Waals surface area contributed by atoms with Gasteiger partial charge in [0.15, 0.2) is 6.10 Å². The zero-order chi connectivity index (χ0) is 27.5. The van der Waals surface area contributed by atoms with E-state index in [1.807, 2.05) is 31.3 Å². The predicted molar refractivity (Wildman–Crippen MR) is 151 cm³/mol.